The first-order valence-electron chi connectivity index (χ1n) is 7.87. The first-order valence-corrected chi connectivity index (χ1v) is 8.75. The van der Waals surface area contributed by atoms with Gasteiger partial charge in [0, 0.05) is 37.7 Å². The molecule has 0 radical (unpaired) electrons. The maximum absolute atomic E-state index is 12.4. The first-order chi connectivity index (χ1) is 10.2. The Kier molecular flexibility index (Phi) is 6.67. The highest BCUT2D eigenvalue weighted by atomic mass is 32.1. The van der Waals surface area contributed by atoms with E-state index in [2.05, 4.69) is 22.4 Å². The molecule has 1 aromatic rings. The highest BCUT2D eigenvalue weighted by Crippen LogP contribution is 2.17. The lowest BCUT2D eigenvalue weighted by Crippen LogP contribution is -2.42. The molecule has 2 heterocycles. The van der Waals surface area contributed by atoms with Gasteiger partial charge >= 0.3 is 0 Å². The van der Waals surface area contributed by atoms with Crippen LogP contribution >= 0.6 is 11.3 Å². The minimum absolute atomic E-state index is 0.217. The molecule has 0 N–H and O–H groups in total. The number of hydrogen-bond acceptors (Lipinski definition) is 4. The van der Waals surface area contributed by atoms with Crippen LogP contribution in [-0.2, 0) is 16.1 Å². The predicted molar refractivity (Wildman–Crippen MR) is 86.5 cm³/mol. The van der Waals surface area contributed by atoms with Crippen LogP contribution in [0.1, 0.15) is 31.6 Å². The Morgan fingerprint density at radius 2 is 2.24 bits per heavy atom. The first kappa shape index (κ1) is 16.5. The van der Waals surface area contributed by atoms with Crippen molar-refractivity contribution in [2.24, 2.45) is 0 Å². The summed E-state index contributed by atoms with van der Waals surface area (Å²) in [6.07, 6.45) is 2.54. The number of thiophene rings is 1. The molecule has 2 rings (SSSR count). The predicted octanol–water partition coefficient (Wildman–Crippen LogP) is 2.60. The zero-order valence-corrected chi connectivity index (χ0v) is 13.9. The van der Waals surface area contributed by atoms with Crippen molar-refractivity contribution in [3.8, 4) is 0 Å². The van der Waals surface area contributed by atoms with Gasteiger partial charge in [-0.25, -0.2) is 0 Å². The van der Waals surface area contributed by atoms with Gasteiger partial charge < -0.3 is 9.64 Å². The Hall–Kier alpha value is -0.910. The van der Waals surface area contributed by atoms with E-state index in [0.29, 0.717) is 6.54 Å². The third-order valence-electron chi connectivity index (χ3n) is 3.92. The van der Waals surface area contributed by atoms with Crippen LogP contribution < -0.4 is 0 Å². The lowest BCUT2D eigenvalue weighted by atomic mass is 10.2. The summed E-state index contributed by atoms with van der Waals surface area (Å²) < 4.78 is 5.73. The summed E-state index contributed by atoms with van der Waals surface area (Å²) in [5.74, 6) is 0.217. The Labute approximate surface area is 131 Å². The summed E-state index contributed by atoms with van der Waals surface area (Å²) in [6.45, 7) is 8.66. The molecule has 1 aromatic heterocycles. The lowest BCUT2D eigenvalue weighted by Gasteiger charge is -2.27. The van der Waals surface area contributed by atoms with E-state index >= 15 is 0 Å². The lowest BCUT2D eigenvalue weighted by molar-refractivity contribution is -0.132. The third-order valence-corrected chi connectivity index (χ3v) is 4.78. The number of carbonyl (C=O) groups is 1. The molecule has 4 nitrogen and oxygen atoms in total. The minimum Gasteiger partial charge on any atom is -0.377 e. The summed E-state index contributed by atoms with van der Waals surface area (Å²) in [6, 6.07) is 4.20. The molecule has 0 aromatic carbocycles. The van der Waals surface area contributed by atoms with Gasteiger partial charge in [0.25, 0.3) is 0 Å². The van der Waals surface area contributed by atoms with Crippen LogP contribution in [-0.4, -0.2) is 54.6 Å². The van der Waals surface area contributed by atoms with Crippen molar-refractivity contribution >= 4 is 17.2 Å². The summed E-state index contributed by atoms with van der Waals surface area (Å²) in [5.41, 5.74) is 0. The van der Waals surface area contributed by atoms with Crippen LogP contribution in [0, 0.1) is 0 Å². The maximum Gasteiger partial charge on any atom is 0.236 e. The van der Waals surface area contributed by atoms with E-state index in [1.54, 1.807) is 11.3 Å². The summed E-state index contributed by atoms with van der Waals surface area (Å²) in [5, 5.41) is 2.09. The molecule has 21 heavy (non-hydrogen) atoms. The quantitative estimate of drug-likeness (QED) is 0.740. The fourth-order valence-corrected chi connectivity index (χ4v) is 3.50. The van der Waals surface area contributed by atoms with E-state index in [1.165, 1.54) is 4.88 Å². The normalized spacial score (nSPS) is 18.3. The van der Waals surface area contributed by atoms with Gasteiger partial charge in [-0.1, -0.05) is 6.07 Å². The van der Waals surface area contributed by atoms with Gasteiger partial charge in [0.2, 0.25) is 5.91 Å². The van der Waals surface area contributed by atoms with Gasteiger partial charge in [-0.3, -0.25) is 9.69 Å². The largest absolute Gasteiger partial charge is 0.377 e. The second-order valence-electron chi connectivity index (χ2n) is 5.45. The molecule has 118 valence electrons. The highest BCUT2D eigenvalue weighted by molar-refractivity contribution is 7.09. The monoisotopic (exact) mass is 310 g/mol. The summed E-state index contributed by atoms with van der Waals surface area (Å²) in [7, 11) is 0. The van der Waals surface area contributed by atoms with Gasteiger partial charge in [0.15, 0.2) is 0 Å². The number of nitrogens with zero attached hydrogens (tertiary/aromatic N) is 2. The van der Waals surface area contributed by atoms with Crippen LogP contribution in [0.2, 0.25) is 0 Å². The standard InChI is InChI=1S/C16H26N2O2S/c1-3-18(4-2)16(19)13-17(11-14-7-5-9-20-14)12-15-8-6-10-21-15/h6,8,10,14H,3-5,7,9,11-13H2,1-2H3. The molecular formula is C16H26N2O2S. The molecule has 0 bridgehead atoms. The number of ether oxygens (including phenoxy) is 1. The molecular weight excluding hydrogens is 284 g/mol. The average Bonchev–Trinajstić information content (AvgIpc) is 3.13. The van der Waals surface area contributed by atoms with E-state index in [4.69, 9.17) is 4.74 Å². The van der Waals surface area contributed by atoms with Gasteiger partial charge in [0.1, 0.15) is 0 Å². The van der Waals surface area contributed by atoms with Crippen molar-refractivity contribution in [1.29, 1.82) is 0 Å². The van der Waals surface area contributed by atoms with Gasteiger partial charge in [-0.15, -0.1) is 11.3 Å². The Bertz CT molecular complexity index is 412. The number of carbonyl (C=O) groups excluding carboxylic acids is 1. The number of rotatable bonds is 8. The number of amides is 1. The molecule has 1 saturated heterocycles. The zero-order chi connectivity index (χ0) is 15.1. The summed E-state index contributed by atoms with van der Waals surface area (Å²) >= 11 is 1.75. The van der Waals surface area contributed by atoms with Gasteiger partial charge in [0.05, 0.1) is 12.6 Å². The van der Waals surface area contributed by atoms with E-state index in [9.17, 15) is 4.79 Å². The molecule has 5 heteroatoms. The van der Waals surface area contributed by atoms with Crippen molar-refractivity contribution in [1.82, 2.24) is 9.80 Å². The van der Waals surface area contributed by atoms with E-state index < -0.39 is 0 Å². The fourth-order valence-electron chi connectivity index (χ4n) is 2.75. The van der Waals surface area contributed by atoms with Crippen LogP contribution in [0.3, 0.4) is 0 Å². The van der Waals surface area contributed by atoms with Crippen LogP contribution in [0.25, 0.3) is 0 Å². The van der Waals surface area contributed by atoms with Crippen molar-refractivity contribution in [2.75, 3.05) is 32.8 Å². The van der Waals surface area contributed by atoms with Crippen LogP contribution in [0.5, 0.6) is 0 Å². The van der Waals surface area contributed by atoms with Gasteiger partial charge in [-0.2, -0.15) is 0 Å². The topological polar surface area (TPSA) is 32.8 Å². The SMILES string of the molecule is CCN(CC)C(=O)CN(Cc1cccs1)CC1CCCO1. The molecule has 0 saturated carbocycles. The molecule has 1 amide bonds. The van der Waals surface area contributed by atoms with Crippen LogP contribution in [0.4, 0.5) is 0 Å². The number of hydrogen-bond donors (Lipinski definition) is 0. The zero-order valence-electron chi connectivity index (χ0n) is 13.1. The van der Waals surface area contributed by atoms with Crippen LogP contribution in [0.15, 0.2) is 17.5 Å². The van der Waals surface area contributed by atoms with E-state index in [-0.39, 0.29) is 12.0 Å². The van der Waals surface area contributed by atoms with E-state index in [1.807, 2.05) is 18.7 Å². The number of likely N-dealkylation sites (N-methyl/N-ethyl adjacent to an activating group) is 1. The Morgan fingerprint density at radius 1 is 1.43 bits per heavy atom. The average molecular weight is 310 g/mol. The molecule has 1 aliphatic heterocycles. The smallest absolute Gasteiger partial charge is 0.236 e. The minimum atomic E-state index is 0.217. The fraction of sp³-hybridized carbons (Fsp3) is 0.688. The van der Waals surface area contributed by atoms with Crippen molar-refractivity contribution in [2.45, 2.75) is 39.3 Å². The molecule has 0 aliphatic carbocycles. The molecule has 1 fully saturated rings. The second-order valence-corrected chi connectivity index (χ2v) is 6.48. The van der Waals surface area contributed by atoms with E-state index in [0.717, 1.165) is 45.6 Å². The van der Waals surface area contributed by atoms with Crippen molar-refractivity contribution in [3.63, 3.8) is 0 Å². The Morgan fingerprint density at radius 3 is 2.81 bits per heavy atom. The summed E-state index contributed by atoms with van der Waals surface area (Å²) in [4.78, 5) is 17.8. The third kappa shape index (κ3) is 5.09. The van der Waals surface area contributed by atoms with Crippen molar-refractivity contribution < 1.29 is 9.53 Å². The maximum atomic E-state index is 12.4. The molecule has 1 atom stereocenters. The highest BCUT2D eigenvalue weighted by Gasteiger charge is 2.22. The van der Waals surface area contributed by atoms with Crippen molar-refractivity contribution in [3.05, 3.63) is 22.4 Å². The second kappa shape index (κ2) is 8.51. The Balaban J connectivity index is 1.94. The van der Waals surface area contributed by atoms with Gasteiger partial charge in [-0.05, 0) is 38.1 Å². The molecule has 0 spiro atoms. The molecule has 1 aliphatic rings. The molecule has 1 unspecified atom stereocenters.